The average Bonchev–Trinajstić information content (AvgIpc) is 3.28. The summed E-state index contributed by atoms with van der Waals surface area (Å²) in [5.41, 5.74) is 2.46. The molecule has 0 aliphatic carbocycles. The van der Waals surface area contributed by atoms with Gasteiger partial charge in [0.05, 0.1) is 0 Å². The van der Waals surface area contributed by atoms with E-state index in [9.17, 15) is 13.6 Å². The van der Waals surface area contributed by atoms with Gasteiger partial charge in [0.1, 0.15) is 11.6 Å². The third-order valence-electron chi connectivity index (χ3n) is 4.93. The highest BCUT2D eigenvalue weighted by molar-refractivity contribution is 5.79. The normalized spacial score (nSPS) is 16.8. The molecule has 1 unspecified atom stereocenters. The molecule has 0 bridgehead atoms. The van der Waals surface area contributed by atoms with E-state index >= 15 is 0 Å². The third-order valence-corrected chi connectivity index (χ3v) is 4.93. The van der Waals surface area contributed by atoms with E-state index < -0.39 is 11.6 Å². The predicted molar refractivity (Wildman–Crippen MR) is 98.2 cm³/mol. The Kier molecular flexibility index (Phi) is 4.90. The number of benzene rings is 2. The third kappa shape index (κ3) is 3.78. The lowest BCUT2D eigenvalue weighted by atomic mass is 10.1. The van der Waals surface area contributed by atoms with Crippen LogP contribution in [0.4, 0.5) is 8.78 Å². The van der Waals surface area contributed by atoms with E-state index in [-0.39, 0.29) is 24.8 Å². The van der Waals surface area contributed by atoms with Crippen LogP contribution in [0.15, 0.2) is 47.0 Å². The van der Waals surface area contributed by atoms with Gasteiger partial charge in [0.2, 0.25) is 5.91 Å². The first kappa shape index (κ1) is 18.3. The van der Waals surface area contributed by atoms with Crippen LogP contribution in [0.2, 0.25) is 0 Å². The summed E-state index contributed by atoms with van der Waals surface area (Å²) in [5.74, 6) is -0.747. The van der Waals surface area contributed by atoms with Crippen molar-refractivity contribution in [3.8, 4) is 11.5 Å². The molecule has 1 amide bonds. The highest BCUT2D eigenvalue weighted by atomic mass is 19.1. The van der Waals surface area contributed by atoms with Gasteiger partial charge in [0, 0.05) is 37.1 Å². The predicted octanol–water partition coefficient (Wildman–Crippen LogP) is 4.09. The number of halogens is 2. The zero-order valence-corrected chi connectivity index (χ0v) is 15.4. The van der Waals surface area contributed by atoms with Crippen molar-refractivity contribution in [1.29, 1.82) is 0 Å². The van der Waals surface area contributed by atoms with Crippen molar-refractivity contribution >= 4 is 5.91 Å². The lowest BCUT2D eigenvalue weighted by Crippen LogP contribution is -2.24. The van der Waals surface area contributed by atoms with Gasteiger partial charge >= 0.3 is 0 Å². The van der Waals surface area contributed by atoms with Crippen LogP contribution in [0.1, 0.15) is 36.2 Å². The van der Waals surface area contributed by atoms with Crippen LogP contribution < -0.4 is 0 Å². The number of hydrogen-bond donors (Lipinski definition) is 0. The van der Waals surface area contributed by atoms with Gasteiger partial charge in [-0.05, 0) is 41.8 Å². The molecule has 1 aliphatic heterocycles. The Labute approximate surface area is 161 Å². The molecule has 0 spiro atoms. The standard InChI is InChI=1S/C21H19F2N3O2/c1-2-13-3-5-15(6-4-13)21-24-20(25-28-21)16-9-19(27)26(12-16)11-14-7-17(22)10-18(23)8-14/h3-8,10,16H,2,9,11-12H2,1H3. The van der Waals surface area contributed by atoms with Gasteiger partial charge in [-0.15, -0.1) is 0 Å². The van der Waals surface area contributed by atoms with Crippen molar-refractivity contribution in [2.45, 2.75) is 32.2 Å². The molecule has 2 heterocycles. The minimum absolute atomic E-state index is 0.103. The monoisotopic (exact) mass is 383 g/mol. The first-order valence-corrected chi connectivity index (χ1v) is 9.17. The molecule has 1 saturated heterocycles. The molecule has 1 fully saturated rings. The molecule has 1 aromatic heterocycles. The summed E-state index contributed by atoms with van der Waals surface area (Å²) in [6.45, 7) is 2.61. The van der Waals surface area contributed by atoms with E-state index in [2.05, 4.69) is 17.1 Å². The first-order valence-electron chi connectivity index (χ1n) is 9.17. The molecule has 4 rings (SSSR count). The molecule has 28 heavy (non-hydrogen) atoms. The fraction of sp³-hybridized carbons (Fsp3) is 0.286. The molecule has 5 nitrogen and oxygen atoms in total. The molecule has 0 N–H and O–H groups in total. The molecule has 0 saturated carbocycles. The maximum atomic E-state index is 13.4. The van der Waals surface area contributed by atoms with Gasteiger partial charge in [-0.3, -0.25) is 4.79 Å². The van der Waals surface area contributed by atoms with Crippen LogP contribution in [0.3, 0.4) is 0 Å². The molecule has 1 atom stereocenters. The lowest BCUT2D eigenvalue weighted by molar-refractivity contribution is -0.128. The molecular weight excluding hydrogens is 364 g/mol. The van der Waals surface area contributed by atoms with E-state index in [4.69, 9.17) is 4.52 Å². The summed E-state index contributed by atoms with van der Waals surface area (Å²) >= 11 is 0. The van der Waals surface area contributed by atoms with Crippen LogP contribution in [-0.2, 0) is 17.8 Å². The van der Waals surface area contributed by atoms with Gasteiger partial charge in [0.15, 0.2) is 5.82 Å². The Morgan fingerprint density at radius 2 is 1.82 bits per heavy atom. The van der Waals surface area contributed by atoms with Crippen LogP contribution in [0, 0.1) is 11.6 Å². The Balaban J connectivity index is 1.47. The van der Waals surface area contributed by atoms with Crippen LogP contribution in [0.25, 0.3) is 11.5 Å². The average molecular weight is 383 g/mol. The summed E-state index contributed by atoms with van der Waals surface area (Å²) in [7, 11) is 0. The Morgan fingerprint density at radius 3 is 2.50 bits per heavy atom. The smallest absolute Gasteiger partial charge is 0.257 e. The van der Waals surface area contributed by atoms with Crippen molar-refractivity contribution in [1.82, 2.24) is 15.0 Å². The Morgan fingerprint density at radius 1 is 1.11 bits per heavy atom. The number of rotatable bonds is 5. The maximum Gasteiger partial charge on any atom is 0.257 e. The second-order valence-electron chi connectivity index (χ2n) is 6.96. The Bertz CT molecular complexity index is 981. The SMILES string of the molecule is CCc1ccc(-c2nc(C3CC(=O)N(Cc4cc(F)cc(F)c4)C3)no2)cc1. The van der Waals surface area contributed by atoms with Crippen LogP contribution >= 0.6 is 0 Å². The fourth-order valence-corrected chi connectivity index (χ4v) is 3.42. The number of hydrogen-bond acceptors (Lipinski definition) is 4. The zero-order valence-electron chi connectivity index (χ0n) is 15.4. The summed E-state index contributed by atoms with van der Waals surface area (Å²) in [6.07, 6.45) is 1.19. The van der Waals surface area contributed by atoms with E-state index in [1.165, 1.54) is 17.7 Å². The number of amides is 1. The minimum atomic E-state index is -0.657. The second kappa shape index (κ2) is 7.50. The number of aryl methyl sites for hydroxylation is 1. The molecule has 144 valence electrons. The summed E-state index contributed by atoms with van der Waals surface area (Å²) in [6, 6.07) is 11.2. The molecule has 3 aromatic rings. The highest BCUT2D eigenvalue weighted by Crippen LogP contribution is 2.29. The van der Waals surface area contributed by atoms with Gasteiger partial charge < -0.3 is 9.42 Å². The van der Waals surface area contributed by atoms with Crippen molar-refractivity contribution in [2.24, 2.45) is 0 Å². The van der Waals surface area contributed by atoms with Crippen LogP contribution in [0.5, 0.6) is 0 Å². The number of carbonyl (C=O) groups is 1. The topological polar surface area (TPSA) is 59.2 Å². The number of likely N-dealkylation sites (tertiary alicyclic amines) is 1. The van der Waals surface area contributed by atoms with Gasteiger partial charge in [-0.25, -0.2) is 8.78 Å². The summed E-state index contributed by atoms with van der Waals surface area (Å²) in [4.78, 5) is 18.3. The fourth-order valence-electron chi connectivity index (χ4n) is 3.42. The molecule has 2 aromatic carbocycles. The number of nitrogens with zero attached hydrogens (tertiary/aromatic N) is 3. The summed E-state index contributed by atoms with van der Waals surface area (Å²) in [5, 5.41) is 4.04. The maximum absolute atomic E-state index is 13.4. The molecule has 7 heteroatoms. The van der Waals surface area contributed by atoms with Crippen molar-refractivity contribution in [3.05, 3.63) is 71.1 Å². The van der Waals surface area contributed by atoms with Gasteiger partial charge in [-0.1, -0.05) is 24.2 Å². The van der Waals surface area contributed by atoms with E-state index in [1.807, 2.05) is 24.3 Å². The first-order chi connectivity index (χ1) is 13.5. The van der Waals surface area contributed by atoms with E-state index in [0.29, 0.717) is 23.8 Å². The van der Waals surface area contributed by atoms with Crippen molar-refractivity contribution < 1.29 is 18.1 Å². The van der Waals surface area contributed by atoms with Crippen molar-refractivity contribution in [3.63, 3.8) is 0 Å². The molecule has 1 aliphatic rings. The van der Waals surface area contributed by atoms with Crippen molar-refractivity contribution in [2.75, 3.05) is 6.54 Å². The quantitative estimate of drug-likeness (QED) is 0.666. The highest BCUT2D eigenvalue weighted by Gasteiger charge is 2.33. The Hall–Kier alpha value is -3.09. The van der Waals surface area contributed by atoms with E-state index in [1.54, 1.807) is 4.90 Å². The van der Waals surface area contributed by atoms with E-state index in [0.717, 1.165) is 18.1 Å². The van der Waals surface area contributed by atoms with Crippen LogP contribution in [-0.4, -0.2) is 27.5 Å². The zero-order chi connectivity index (χ0) is 19.7. The lowest BCUT2D eigenvalue weighted by Gasteiger charge is -2.16. The molecule has 0 radical (unpaired) electrons. The summed E-state index contributed by atoms with van der Waals surface area (Å²) < 4.78 is 32.1. The molecular formula is C21H19F2N3O2. The largest absolute Gasteiger partial charge is 0.338 e. The minimum Gasteiger partial charge on any atom is -0.338 e. The second-order valence-corrected chi connectivity index (χ2v) is 6.96. The van der Waals surface area contributed by atoms with Gasteiger partial charge in [0.25, 0.3) is 5.89 Å². The van der Waals surface area contributed by atoms with Gasteiger partial charge in [-0.2, -0.15) is 4.98 Å². The number of aromatic nitrogens is 2. The number of carbonyl (C=O) groups excluding carboxylic acids is 1.